The number of rotatable bonds is 4. The standard InChI is InChI=1S/C24H21N5OS/c1-16-11-12-21(26-15-16)28-14-6-9-19(28)23-22(17-7-4-5-13-25-17)27-24(31)29(23)18-8-2-3-10-20(18)30/h2-15,22-23,30H,1H3,(H,27,31)/t22-,23+/m0/s1. The minimum absolute atomic E-state index is 0.171. The third kappa shape index (κ3) is 3.43. The number of nitrogens with zero attached hydrogens (tertiary/aromatic N) is 4. The van der Waals surface area contributed by atoms with Gasteiger partial charge in [-0.1, -0.05) is 24.3 Å². The Labute approximate surface area is 185 Å². The van der Waals surface area contributed by atoms with Crippen LogP contribution in [0, 0.1) is 6.92 Å². The minimum atomic E-state index is -0.242. The number of anilines is 1. The number of hydrogen-bond donors (Lipinski definition) is 2. The number of aryl methyl sites for hydroxylation is 1. The number of thiocarbonyl (C=S) groups is 1. The summed E-state index contributed by atoms with van der Waals surface area (Å²) in [6.45, 7) is 2.02. The second-order valence-electron chi connectivity index (χ2n) is 7.48. The largest absolute Gasteiger partial charge is 0.506 e. The van der Waals surface area contributed by atoms with Crippen LogP contribution >= 0.6 is 12.2 Å². The molecule has 1 aliphatic heterocycles. The molecule has 0 radical (unpaired) electrons. The zero-order valence-electron chi connectivity index (χ0n) is 16.9. The van der Waals surface area contributed by atoms with Crippen molar-refractivity contribution < 1.29 is 5.11 Å². The summed E-state index contributed by atoms with van der Waals surface area (Å²) in [6, 6.07) is 20.7. The second kappa shape index (κ2) is 7.85. The molecule has 0 aliphatic carbocycles. The molecule has 2 atom stereocenters. The Bertz CT molecular complexity index is 1220. The van der Waals surface area contributed by atoms with Gasteiger partial charge in [-0.3, -0.25) is 4.98 Å². The maximum absolute atomic E-state index is 10.6. The van der Waals surface area contributed by atoms with E-state index in [1.54, 1.807) is 18.3 Å². The van der Waals surface area contributed by atoms with Crippen molar-refractivity contribution in [3.63, 3.8) is 0 Å². The highest BCUT2D eigenvalue weighted by Gasteiger charge is 2.43. The molecule has 0 bridgehead atoms. The molecule has 5 rings (SSSR count). The molecule has 0 amide bonds. The Morgan fingerprint density at radius 1 is 0.968 bits per heavy atom. The zero-order chi connectivity index (χ0) is 21.4. The molecule has 4 aromatic rings. The summed E-state index contributed by atoms with van der Waals surface area (Å²) in [6.07, 6.45) is 5.63. The highest BCUT2D eigenvalue weighted by atomic mass is 32.1. The number of phenols is 1. The minimum Gasteiger partial charge on any atom is -0.506 e. The van der Waals surface area contributed by atoms with Crippen molar-refractivity contribution in [3.8, 4) is 11.6 Å². The van der Waals surface area contributed by atoms with Crippen LogP contribution < -0.4 is 10.2 Å². The number of aromatic hydroxyl groups is 1. The van der Waals surface area contributed by atoms with Crippen LogP contribution in [0.15, 0.2) is 85.3 Å². The summed E-state index contributed by atoms with van der Waals surface area (Å²) in [5, 5.41) is 14.6. The van der Waals surface area contributed by atoms with Crippen molar-refractivity contribution in [2.75, 3.05) is 4.90 Å². The van der Waals surface area contributed by atoms with Crippen molar-refractivity contribution in [1.29, 1.82) is 0 Å². The van der Waals surface area contributed by atoms with Gasteiger partial charge in [-0.25, -0.2) is 4.98 Å². The lowest BCUT2D eigenvalue weighted by molar-refractivity contribution is 0.472. The summed E-state index contributed by atoms with van der Waals surface area (Å²) in [5.41, 5.74) is 3.61. The first kappa shape index (κ1) is 19.3. The maximum atomic E-state index is 10.6. The predicted molar refractivity (Wildman–Crippen MR) is 124 cm³/mol. The lowest BCUT2D eigenvalue weighted by Gasteiger charge is -2.29. The third-order valence-electron chi connectivity index (χ3n) is 5.47. The number of benzene rings is 1. The Balaban J connectivity index is 1.68. The first-order valence-electron chi connectivity index (χ1n) is 10.0. The normalized spacial score (nSPS) is 18.2. The number of para-hydroxylation sites is 2. The predicted octanol–water partition coefficient (Wildman–Crippen LogP) is 4.46. The van der Waals surface area contributed by atoms with Crippen molar-refractivity contribution >= 4 is 23.0 Å². The Morgan fingerprint density at radius 3 is 2.55 bits per heavy atom. The van der Waals surface area contributed by atoms with Crippen LogP contribution in [0.1, 0.15) is 29.0 Å². The molecule has 0 spiro atoms. The van der Waals surface area contributed by atoms with Crippen LogP contribution in [0.25, 0.3) is 5.82 Å². The van der Waals surface area contributed by atoms with Crippen LogP contribution in [-0.2, 0) is 0 Å². The molecule has 154 valence electrons. The van der Waals surface area contributed by atoms with Crippen LogP contribution in [0.3, 0.4) is 0 Å². The first-order chi connectivity index (χ1) is 15.1. The van der Waals surface area contributed by atoms with E-state index < -0.39 is 0 Å². The number of phenolic OH excluding ortho intramolecular Hbond substituents is 1. The van der Waals surface area contributed by atoms with E-state index in [1.165, 1.54) is 0 Å². The quantitative estimate of drug-likeness (QED) is 0.469. The van der Waals surface area contributed by atoms with Crippen LogP contribution in [-0.4, -0.2) is 24.8 Å². The van der Waals surface area contributed by atoms with Gasteiger partial charge in [0.25, 0.3) is 0 Å². The van der Waals surface area contributed by atoms with Crippen molar-refractivity contribution in [1.82, 2.24) is 19.9 Å². The Hall–Kier alpha value is -3.71. The summed E-state index contributed by atoms with van der Waals surface area (Å²) >= 11 is 5.74. The second-order valence-corrected chi connectivity index (χ2v) is 7.87. The van der Waals surface area contributed by atoms with Gasteiger partial charge in [-0.2, -0.15) is 0 Å². The highest BCUT2D eigenvalue weighted by molar-refractivity contribution is 7.80. The number of hydrogen-bond acceptors (Lipinski definition) is 4. The Morgan fingerprint density at radius 2 is 1.81 bits per heavy atom. The summed E-state index contributed by atoms with van der Waals surface area (Å²) in [7, 11) is 0. The number of nitrogens with one attached hydrogen (secondary N) is 1. The topological polar surface area (TPSA) is 66.2 Å². The summed E-state index contributed by atoms with van der Waals surface area (Å²) < 4.78 is 2.06. The van der Waals surface area contributed by atoms with Crippen LogP contribution in [0.4, 0.5) is 5.69 Å². The average molecular weight is 428 g/mol. The molecule has 0 unspecified atom stereocenters. The fraction of sp³-hybridized carbons (Fsp3) is 0.125. The van der Waals surface area contributed by atoms with Gasteiger partial charge >= 0.3 is 0 Å². The van der Waals surface area contributed by atoms with E-state index in [4.69, 9.17) is 12.2 Å². The fourth-order valence-corrected chi connectivity index (χ4v) is 4.37. The van der Waals surface area contributed by atoms with E-state index in [-0.39, 0.29) is 17.8 Å². The molecule has 1 aromatic carbocycles. The van der Waals surface area contributed by atoms with Crippen molar-refractivity contribution in [3.05, 3.63) is 102 Å². The van der Waals surface area contributed by atoms with Gasteiger partial charge in [-0.15, -0.1) is 0 Å². The highest BCUT2D eigenvalue weighted by Crippen LogP contribution is 2.44. The van der Waals surface area contributed by atoms with Crippen LogP contribution in [0.2, 0.25) is 0 Å². The summed E-state index contributed by atoms with van der Waals surface area (Å²) in [5.74, 6) is 0.991. The first-order valence-corrected chi connectivity index (χ1v) is 10.4. The van der Waals surface area contributed by atoms with E-state index in [9.17, 15) is 5.11 Å². The molecule has 1 saturated heterocycles. The van der Waals surface area contributed by atoms with Crippen LogP contribution in [0.5, 0.6) is 5.75 Å². The molecular formula is C24H21N5OS. The molecule has 6 nitrogen and oxygen atoms in total. The van der Waals surface area contributed by atoms with E-state index in [0.717, 1.165) is 22.8 Å². The maximum Gasteiger partial charge on any atom is 0.174 e. The van der Waals surface area contributed by atoms with E-state index in [2.05, 4.69) is 25.9 Å². The van der Waals surface area contributed by atoms with E-state index in [0.29, 0.717) is 10.8 Å². The SMILES string of the molecule is Cc1ccc(-n2cccc2[C@@H]2[C@H](c3ccccn3)NC(=S)N2c2ccccc2O)nc1. The van der Waals surface area contributed by atoms with Gasteiger partial charge in [0.05, 0.1) is 17.4 Å². The lowest BCUT2D eigenvalue weighted by Crippen LogP contribution is -2.30. The monoisotopic (exact) mass is 427 g/mol. The van der Waals surface area contributed by atoms with Gasteiger partial charge in [0.15, 0.2) is 5.11 Å². The molecule has 1 fully saturated rings. The average Bonchev–Trinajstić information content (AvgIpc) is 3.40. The summed E-state index contributed by atoms with van der Waals surface area (Å²) in [4.78, 5) is 11.2. The molecule has 1 aliphatic rings. The van der Waals surface area contributed by atoms with Gasteiger partial charge < -0.3 is 19.9 Å². The smallest absolute Gasteiger partial charge is 0.174 e. The van der Waals surface area contributed by atoms with Gasteiger partial charge in [0.2, 0.25) is 0 Å². The number of aromatic nitrogens is 3. The number of pyridine rings is 2. The zero-order valence-corrected chi connectivity index (χ0v) is 17.7. The molecular weight excluding hydrogens is 406 g/mol. The van der Waals surface area contributed by atoms with Gasteiger partial charge in [0.1, 0.15) is 17.6 Å². The van der Waals surface area contributed by atoms with E-state index >= 15 is 0 Å². The molecule has 3 aromatic heterocycles. The van der Waals surface area contributed by atoms with E-state index in [1.807, 2.05) is 72.7 Å². The van der Waals surface area contributed by atoms with Gasteiger partial charge in [0, 0.05) is 24.3 Å². The van der Waals surface area contributed by atoms with Crippen molar-refractivity contribution in [2.45, 2.75) is 19.0 Å². The van der Waals surface area contributed by atoms with Gasteiger partial charge in [-0.05, 0) is 67.2 Å². The molecule has 0 saturated carbocycles. The fourth-order valence-electron chi connectivity index (χ4n) is 4.03. The third-order valence-corrected chi connectivity index (χ3v) is 5.78. The molecule has 31 heavy (non-hydrogen) atoms. The Kier molecular flexibility index (Phi) is 4.88. The lowest BCUT2D eigenvalue weighted by atomic mass is 10.0. The molecule has 4 heterocycles. The molecule has 2 N–H and O–H groups in total. The molecule has 7 heteroatoms. The van der Waals surface area contributed by atoms with Crippen molar-refractivity contribution in [2.24, 2.45) is 0 Å².